The van der Waals surface area contributed by atoms with E-state index in [0.29, 0.717) is 11.7 Å². The molecule has 2 rings (SSSR count). The zero-order valence-electron chi connectivity index (χ0n) is 10.3. The first-order chi connectivity index (χ1) is 8.22. The predicted molar refractivity (Wildman–Crippen MR) is 65.7 cm³/mol. The molecule has 1 saturated heterocycles. The van der Waals surface area contributed by atoms with E-state index in [1.54, 1.807) is 12.4 Å². The van der Waals surface area contributed by atoms with E-state index in [1.165, 1.54) is 0 Å². The average molecular weight is 231 g/mol. The van der Waals surface area contributed by atoms with Gasteiger partial charge in [-0.15, -0.1) is 0 Å². The summed E-state index contributed by atoms with van der Waals surface area (Å²) in [7, 11) is 4.14. The number of hydrogen-bond donors (Lipinski definition) is 0. The first kappa shape index (κ1) is 11.8. The molecule has 1 unspecified atom stereocenters. The summed E-state index contributed by atoms with van der Waals surface area (Å²) in [6.45, 7) is 1.95. The second-order valence-electron chi connectivity index (χ2n) is 4.59. The Bertz CT molecular complexity index is 423. The Morgan fingerprint density at radius 1 is 1.47 bits per heavy atom. The Labute approximate surface area is 102 Å². The van der Waals surface area contributed by atoms with E-state index < -0.39 is 0 Å². The summed E-state index contributed by atoms with van der Waals surface area (Å²) in [6, 6.07) is 2.56. The molecule has 1 aliphatic rings. The summed E-state index contributed by atoms with van der Waals surface area (Å²) < 4.78 is 0. The van der Waals surface area contributed by atoms with E-state index in [1.807, 2.05) is 0 Å². The van der Waals surface area contributed by atoms with Gasteiger partial charge in [-0.05, 0) is 26.9 Å². The van der Waals surface area contributed by atoms with Crippen LogP contribution in [0, 0.1) is 11.3 Å². The summed E-state index contributed by atoms with van der Waals surface area (Å²) in [5.41, 5.74) is 0.429. The van der Waals surface area contributed by atoms with Crippen molar-refractivity contribution in [1.82, 2.24) is 14.9 Å². The van der Waals surface area contributed by atoms with E-state index in [2.05, 4.69) is 39.9 Å². The van der Waals surface area contributed by atoms with Crippen molar-refractivity contribution in [1.29, 1.82) is 5.26 Å². The fraction of sp³-hybridized carbons (Fsp3) is 0.583. The van der Waals surface area contributed by atoms with Crippen LogP contribution in [0.4, 0.5) is 5.82 Å². The van der Waals surface area contributed by atoms with Crippen molar-refractivity contribution in [3.8, 4) is 6.07 Å². The highest BCUT2D eigenvalue weighted by Crippen LogP contribution is 2.25. The Morgan fingerprint density at radius 3 is 2.94 bits per heavy atom. The minimum atomic E-state index is 0.429. The second kappa shape index (κ2) is 5.11. The summed E-state index contributed by atoms with van der Waals surface area (Å²) in [4.78, 5) is 12.8. The van der Waals surface area contributed by atoms with Gasteiger partial charge in [0.15, 0.2) is 11.5 Å². The van der Waals surface area contributed by atoms with Gasteiger partial charge < -0.3 is 9.80 Å². The fourth-order valence-electron chi connectivity index (χ4n) is 2.35. The smallest absolute Gasteiger partial charge is 0.183 e. The lowest BCUT2D eigenvalue weighted by Crippen LogP contribution is -2.38. The zero-order chi connectivity index (χ0) is 12.3. The molecular formula is C12H17N5. The monoisotopic (exact) mass is 231 g/mol. The van der Waals surface area contributed by atoms with Crippen molar-refractivity contribution < 1.29 is 0 Å². The standard InChI is InChI=1S/C12H17N5/c1-16(2)9-10-4-3-7-17(10)12-11(8-13)14-5-6-15-12/h5-6,10H,3-4,7,9H2,1-2H3. The lowest BCUT2D eigenvalue weighted by molar-refractivity contribution is 0.371. The second-order valence-corrected chi connectivity index (χ2v) is 4.59. The van der Waals surface area contributed by atoms with Gasteiger partial charge in [-0.25, -0.2) is 9.97 Å². The number of rotatable bonds is 3. The van der Waals surface area contributed by atoms with E-state index >= 15 is 0 Å². The van der Waals surface area contributed by atoms with Crippen molar-refractivity contribution in [2.24, 2.45) is 0 Å². The molecule has 0 radical (unpaired) electrons. The third-order valence-corrected chi connectivity index (χ3v) is 3.01. The van der Waals surface area contributed by atoms with Crippen molar-refractivity contribution in [2.45, 2.75) is 18.9 Å². The molecule has 0 bridgehead atoms. The molecule has 1 aromatic heterocycles. The van der Waals surface area contributed by atoms with E-state index in [4.69, 9.17) is 5.26 Å². The minimum Gasteiger partial charge on any atom is -0.350 e. The third kappa shape index (κ3) is 2.53. The summed E-state index contributed by atoms with van der Waals surface area (Å²) in [5.74, 6) is 0.736. The fourth-order valence-corrected chi connectivity index (χ4v) is 2.35. The molecule has 5 nitrogen and oxygen atoms in total. The lowest BCUT2D eigenvalue weighted by Gasteiger charge is -2.28. The predicted octanol–water partition coefficient (Wildman–Crippen LogP) is 0.879. The van der Waals surface area contributed by atoms with Crippen LogP contribution in [-0.4, -0.2) is 48.1 Å². The van der Waals surface area contributed by atoms with Gasteiger partial charge in [0.25, 0.3) is 0 Å². The van der Waals surface area contributed by atoms with Crippen molar-refractivity contribution in [2.75, 3.05) is 32.1 Å². The quantitative estimate of drug-likeness (QED) is 0.773. The van der Waals surface area contributed by atoms with Crippen LogP contribution in [0.2, 0.25) is 0 Å². The van der Waals surface area contributed by atoms with E-state index in [-0.39, 0.29) is 0 Å². The van der Waals surface area contributed by atoms with Crippen LogP contribution < -0.4 is 4.90 Å². The van der Waals surface area contributed by atoms with Crippen molar-refractivity contribution >= 4 is 5.82 Å². The molecule has 1 aliphatic heterocycles. The van der Waals surface area contributed by atoms with Gasteiger partial charge in [-0.1, -0.05) is 0 Å². The average Bonchev–Trinajstić information content (AvgIpc) is 2.76. The molecule has 0 spiro atoms. The Morgan fingerprint density at radius 2 is 2.24 bits per heavy atom. The van der Waals surface area contributed by atoms with E-state index in [0.717, 1.165) is 31.7 Å². The zero-order valence-corrected chi connectivity index (χ0v) is 10.3. The first-order valence-corrected chi connectivity index (χ1v) is 5.85. The van der Waals surface area contributed by atoms with Gasteiger partial charge in [0.1, 0.15) is 6.07 Å². The number of aromatic nitrogens is 2. The van der Waals surface area contributed by atoms with Crippen molar-refractivity contribution in [3.05, 3.63) is 18.1 Å². The molecular weight excluding hydrogens is 214 g/mol. The third-order valence-electron chi connectivity index (χ3n) is 3.01. The summed E-state index contributed by atoms with van der Waals surface area (Å²) in [6.07, 6.45) is 5.53. The molecule has 0 amide bonds. The number of hydrogen-bond acceptors (Lipinski definition) is 5. The van der Waals surface area contributed by atoms with Crippen LogP contribution in [0.1, 0.15) is 18.5 Å². The molecule has 5 heteroatoms. The summed E-state index contributed by atoms with van der Waals surface area (Å²) >= 11 is 0. The van der Waals surface area contributed by atoms with Crippen LogP contribution in [-0.2, 0) is 0 Å². The topological polar surface area (TPSA) is 56.1 Å². The lowest BCUT2D eigenvalue weighted by atomic mass is 10.2. The maximum absolute atomic E-state index is 9.06. The highest BCUT2D eigenvalue weighted by Gasteiger charge is 2.28. The van der Waals surface area contributed by atoms with Gasteiger partial charge in [0, 0.05) is 31.5 Å². The Balaban J connectivity index is 2.23. The van der Waals surface area contributed by atoms with Gasteiger partial charge >= 0.3 is 0 Å². The molecule has 17 heavy (non-hydrogen) atoms. The molecule has 1 atom stereocenters. The van der Waals surface area contributed by atoms with Crippen LogP contribution in [0.3, 0.4) is 0 Å². The largest absolute Gasteiger partial charge is 0.350 e. The molecule has 0 saturated carbocycles. The molecule has 90 valence electrons. The number of nitriles is 1. The molecule has 2 heterocycles. The maximum Gasteiger partial charge on any atom is 0.183 e. The molecule has 0 aromatic carbocycles. The normalized spacial score (nSPS) is 19.6. The number of anilines is 1. The van der Waals surface area contributed by atoms with Crippen LogP contribution in [0.5, 0.6) is 0 Å². The van der Waals surface area contributed by atoms with Crippen LogP contribution in [0.25, 0.3) is 0 Å². The molecule has 0 aliphatic carbocycles. The van der Waals surface area contributed by atoms with E-state index in [9.17, 15) is 0 Å². The number of nitrogens with zero attached hydrogens (tertiary/aromatic N) is 5. The van der Waals surface area contributed by atoms with Gasteiger partial charge in [0.05, 0.1) is 0 Å². The number of likely N-dealkylation sites (N-methyl/N-ethyl adjacent to an activating group) is 1. The highest BCUT2D eigenvalue weighted by molar-refractivity contribution is 5.51. The van der Waals surface area contributed by atoms with Crippen LogP contribution in [0.15, 0.2) is 12.4 Å². The van der Waals surface area contributed by atoms with Gasteiger partial charge in [-0.2, -0.15) is 5.26 Å². The molecule has 1 aromatic rings. The minimum absolute atomic E-state index is 0.429. The highest BCUT2D eigenvalue weighted by atomic mass is 15.3. The Hall–Kier alpha value is -1.67. The maximum atomic E-state index is 9.06. The molecule has 0 N–H and O–H groups in total. The van der Waals surface area contributed by atoms with Gasteiger partial charge in [-0.3, -0.25) is 0 Å². The summed E-state index contributed by atoms with van der Waals surface area (Å²) in [5, 5.41) is 9.06. The Kier molecular flexibility index (Phi) is 3.55. The first-order valence-electron chi connectivity index (χ1n) is 5.85. The molecule has 1 fully saturated rings. The van der Waals surface area contributed by atoms with Crippen molar-refractivity contribution in [3.63, 3.8) is 0 Å². The van der Waals surface area contributed by atoms with Gasteiger partial charge in [0.2, 0.25) is 0 Å². The van der Waals surface area contributed by atoms with Crippen LogP contribution >= 0.6 is 0 Å². The SMILES string of the molecule is CN(C)CC1CCCN1c1nccnc1C#N.